The second-order valence-corrected chi connectivity index (χ2v) is 11.0. The first-order valence-electron chi connectivity index (χ1n) is 8.91. The molecule has 9 heteroatoms. The van der Waals surface area contributed by atoms with Gasteiger partial charge in [-0.15, -0.1) is 11.6 Å². The summed E-state index contributed by atoms with van der Waals surface area (Å²) in [6.07, 6.45) is 0. The largest absolute Gasteiger partial charge is 0.497 e. The van der Waals surface area contributed by atoms with Crippen molar-refractivity contribution in [3.63, 3.8) is 0 Å². The molecule has 2 aromatic rings. The van der Waals surface area contributed by atoms with Crippen LogP contribution in [0.2, 0.25) is 0 Å². The summed E-state index contributed by atoms with van der Waals surface area (Å²) in [6.45, 7) is 5.80. The second kappa shape index (κ2) is 10.2. The molecule has 160 valence electrons. The molecule has 0 unspecified atom stereocenters. The van der Waals surface area contributed by atoms with Gasteiger partial charge in [0.05, 0.1) is 18.0 Å². The van der Waals surface area contributed by atoms with Crippen molar-refractivity contribution in [3.05, 3.63) is 58.7 Å². The first kappa shape index (κ1) is 24.1. The lowest BCUT2D eigenvalue weighted by atomic mass is 10.1. The fraction of sp³-hybridized carbons (Fsp3) is 0.400. The molecule has 0 saturated heterocycles. The van der Waals surface area contributed by atoms with Gasteiger partial charge in [-0.25, -0.2) is 8.93 Å². The third-order valence-electron chi connectivity index (χ3n) is 4.59. The minimum absolute atomic E-state index is 0.659. The Bertz CT molecular complexity index is 891. The van der Waals surface area contributed by atoms with Gasteiger partial charge in [0, 0.05) is 14.2 Å². The van der Waals surface area contributed by atoms with E-state index in [1.54, 1.807) is 31.4 Å². The summed E-state index contributed by atoms with van der Waals surface area (Å²) in [5.41, 5.74) is 3.56. The third-order valence-corrected chi connectivity index (χ3v) is 8.96. The minimum atomic E-state index is -3.65. The van der Waals surface area contributed by atoms with Crippen molar-refractivity contribution in [3.8, 4) is 5.75 Å². The van der Waals surface area contributed by atoms with Crippen molar-refractivity contribution in [2.24, 2.45) is 0 Å². The van der Waals surface area contributed by atoms with Crippen molar-refractivity contribution in [2.75, 3.05) is 21.3 Å². The Balaban J connectivity index is 2.47. The summed E-state index contributed by atoms with van der Waals surface area (Å²) in [4.78, 5) is 0.669. The molecule has 0 aliphatic heterocycles. The normalized spacial score (nSPS) is 15.0. The van der Waals surface area contributed by atoms with Crippen LogP contribution in [-0.4, -0.2) is 30.7 Å². The molecule has 3 atom stereocenters. The predicted octanol–water partition coefficient (Wildman–Crippen LogP) is 5.02. The molecule has 0 spiro atoms. The molecule has 2 rings (SSSR count). The number of hydrogen-bond acceptors (Lipinski definition) is 5. The SMILES string of the molecule is COc1ccc([C@@H](N[S@@](=O)c2c(C)cc(C)cc2C)[C@H](Cl)P(=O)(OC)OC)cc1. The number of nitrogens with one attached hydrogen (secondary N) is 1. The number of alkyl halides is 1. The molecule has 0 heterocycles. The third kappa shape index (κ3) is 5.48. The Hall–Kier alpha value is -1.21. The van der Waals surface area contributed by atoms with Crippen LogP contribution in [0.4, 0.5) is 0 Å². The molecule has 2 aromatic carbocycles. The van der Waals surface area contributed by atoms with Gasteiger partial charge >= 0.3 is 7.60 Å². The number of halogens is 1. The maximum atomic E-state index is 13.3. The lowest BCUT2D eigenvalue weighted by Crippen LogP contribution is -2.32. The van der Waals surface area contributed by atoms with E-state index in [0.29, 0.717) is 16.2 Å². The first-order chi connectivity index (χ1) is 13.7. The summed E-state index contributed by atoms with van der Waals surface area (Å²) in [5.74, 6) is 0.659. The van der Waals surface area contributed by atoms with Gasteiger partial charge in [0.15, 0.2) is 5.12 Å². The number of ether oxygens (including phenoxy) is 1. The van der Waals surface area contributed by atoms with Gasteiger partial charge in [-0.1, -0.05) is 29.8 Å². The summed E-state index contributed by atoms with van der Waals surface area (Å²) < 4.78 is 44.6. The van der Waals surface area contributed by atoms with Gasteiger partial charge in [0.1, 0.15) is 16.7 Å². The van der Waals surface area contributed by atoms with E-state index in [-0.39, 0.29) is 0 Å². The number of aryl methyl sites for hydroxylation is 3. The summed E-state index contributed by atoms with van der Waals surface area (Å²) in [7, 11) is -1.15. The Kier molecular flexibility index (Phi) is 8.47. The van der Waals surface area contributed by atoms with E-state index in [0.717, 1.165) is 16.7 Å². The zero-order valence-electron chi connectivity index (χ0n) is 17.4. The molecular formula is C20H27ClNO5PS. The van der Waals surface area contributed by atoms with E-state index in [1.165, 1.54) is 14.2 Å². The highest BCUT2D eigenvalue weighted by Gasteiger charge is 2.40. The van der Waals surface area contributed by atoms with Crippen LogP contribution in [0.3, 0.4) is 0 Å². The predicted molar refractivity (Wildman–Crippen MR) is 117 cm³/mol. The lowest BCUT2D eigenvalue weighted by Gasteiger charge is -2.28. The van der Waals surface area contributed by atoms with E-state index in [4.69, 9.17) is 25.4 Å². The van der Waals surface area contributed by atoms with Crippen LogP contribution < -0.4 is 9.46 Å². The molecule has 0 saturated carbocycles. The van der Waals surface area contributed by atoms with Crippen molar-refractivity contribution in [1.29, 1.82) is 0 Å². The monoisotopic (exact) mass is 459 g/mol. The highest BCUT2D eigenvalue weighted by molar-refractivity contribution is 7.83. The van der Waals surface area contributed by atoms with Gasteiger partial charge in [0.2, 0.25) is 0 Å². The smallest absolute Gasteiger partial charge is 0.349 e. The van der Waals surface area contributed by atoms with Crippen molar-refractivity contribution >= 4 is 30.2 Å². The van der Waals surface area contributed by atoms with Crippen LogP contribution in [0, 0.1) is 20.8 Å². The maximum Gasteiger partial charge on any atom is 0.349 e. The van der Waals surface area contributed by atoms with Crippen LogP contribution >= 0.6 is 19.2 Å². The fourth-order valence-corrected chi connectivity index (χ4v) is 6.54. The van der Waals surface area contributed by atoms with Crippen LogP contribution in [0.25, 0.3) is 0 Å². The van der Waals surface area contributed by atoms with Crippen LogP contribution in [0.1, 0.15) is 28.3 Å². The number of hydrogen-bond donors (Lipinski definition) is 1. The molecule has 0 radical (unpaired) electrons. The number of methoxy groups -OCH3 is 1. The standard InChI is InChI=1S/C20H27ClNO5PS/c1-13-11-14(2)19(15(3)12-13)29(24)22-18(20(21)28(23,26-5)27-6)16-7-9-17(25-4)10-8-16/h7-12,18,20,22H,1-6H3/t18-,20-,29+/m1/s1. The summed E-state index contributed by atoms with van der Waals surface area (Å²) in [6, 6.07) is 10.2. The molecule has 0 amide bonds. The Morgan fingerprint density at radius 1 is 1.00 bits per heavy atom. The average molecular weight is 460 g/mol. The van der Waals surface area contributed by atoms with Crippen LogP contribution in [-0.2, 0) is 24.6 Å². The molecule has 0 aromatic heterocycles. The summed E-state index contributed by atoms with van der Waals surface area (Å²) in [5, 5.41) is -1.11. The molecule has 6 nitrogen and oxygen atoms in total. The molecule has 0 aliphatic carbocycles. The number of benzene rings is 2. The minimum Gasteiger partial charge on any atom is -0.497 e. The topological polar surface area (TPSA) is 73.9 Å². The molecule has 29 heavy (non-hydrogen) atoms. The van der Waals surface area contributed by atoms with E-state index in [2.05, 4.69) is 4.72 Å². The van der Waals surface area contributed by atoms with E-state index in [1.807, 2.05) is 32.9 Å². The quantitative estimate of drug-likeness (QED) is 0.420. The van der Waals surface area contributed by atoms with Crippen LogP contribution in [0.15, 0.2) is 41.3 Å². The van der Waals surface area contributed by atoms with Crippen LogP contribution in [0.5, 0.6) is 5.75 Å². The lowest BCUT2D eigenvalue weighted by molar-refractivity contribution is 0.269. The van der Waals surface area contributed by atoms with Crippen molar-refractivity contribution in [2.45, 2.75) is 36.8 Å². The maximum absolute atomic E-state index is 13.3. The molecular weight excluding hydrogens is 433 g/mol. The Morgan fingerprint density at radius 3 is 1.97 bits per heavy atom. The van der Waals surface area contributed by atoms with E-state index < -0.39 is 29.7 Å². The molecule has 0 aliphatic rings. The van der Waals surface area contributed by atoms with E-state index in [9.17, 15) is 8.77 Å². The van der Waals surface area contributed by atoms with Gasteiger partial charge in [-0.2, -0.15) is 0 Å². The van der Waals surface area contributed by atoms with Gasteiger partial charge < -0.3 is 13.8 Å². The second-order valence-electron chi connectivity index (χ2n) is 6.64. The van der Waals surface area contributed by atoms with Crippen molar-refractivity contribution < 1.29 is 22.6 Å². The van der Waals surface area contributed by atoms with Gasteiger partial charge in [-0.3, -0.25) is 4.57 Å². The van der Waals surface area contributed by atoms with Gasteiger partial charge in [0.25, 0.3) is 0 Å². The first-order valence-corrected chi connectivity index (χ1v) is 12.1. The van der Waals surface area contributed by atoms with E-state index >= 15 is 0 Å². The number of rotatable bonds is 9. The Labute approximate surface area is 180 Å². The average Bonchev–Trinajstić information content (AvgIpc) is 2.70. The van der Waals surface area contributed by atoms with Gasteiger partial charge in [-0.05, 0) is 49.6 Å². The Morgan fingerprint density at radius 2 is 1.52 bits per heavy atom. The molecule has 1 N–H and O–H groups in total. The van der Waals surface area contributed by atoms with Crippen molar-refractivity contribution in [1.82, 2.24) is 4.72 Å². The zero-order chi connectivity index (χ0) is 21.8. The highest BCUT2D eigenvalue weighted by atomic mass is 35.5. The fourth-order valence-electron chi connectivity index (χ4n) is 3.19. The molecule has 0 fully saturated rings. The summed E-state index contributed by atoms with van der Waals surface area (Å²) >= 11 is 6.56. The zero-order valence-corrected chi connectivity index (χ0v) is 19.9. The highest BCUT2D eigenvalue weighted by Crippen LogP contribution is 2.57. The molecule has 0 bridgehead atoms.